The number of nitrogens with zero attached hydrogens (tertiary/aromatic N) is 3. The summed E-state index contributed by atoms with van der Waals surface area (Å²) < 4.78 is 6.10. The van der Waals surface area contributed by atoms with Gasteiger partial charge in [-0.1, -0.05) is 18.2 Å². The van der Waals surface area contributed by atoms with E-state index >= 15 is 0 Å². The Balaban J connectivity index is 1.61. The van der Waals surface area contributed by atoms with Gasteiger partial charge >= 0.3 is 6.09 Å². The van der Waals surface area contributed by atoms with Gasteiger partial charge in [0.1, 0.15) is 6.54 Å². The van der Waals surface area contributed by atoms with Gasteiger partial charge in [0.25, 0.3) is 5.56 Å². The van der Waals surface area contributed by atoms with Crippen LogP contribution in [0.1, 0.15) is 12.1 Å². The van der Waals surface area contributed by atoms with E-state index in [0.29, 0.717) is 37.3 Å². The van der Waals surface area contributed by atoms with Crippen LogP contribution in [0.15, 0.2) is 29.1 Å². The average molecular weight is 344 g/mol. The highest BCUT2D eigenvalue weighted by Gasteiger charge is 2.19. The number of nitrogens with one attached hydrogen (secondary N) is 1. The monoisotopic (exact) mass is 344 g/mol. The lowest BCUT2D eigenvalue weighted by Crippen LogP contribution is -2.43. The molecule has 3 rings (SSSR count). The number of amides is 2. The minimum Gasteiger partial charge on any atom is -0.449 e. The van der Waals surface area contributed by atoms with Crippen molar-refractivity contribution in [2.75, 3.05) is 26.2 Å². The van der Waals surface area contributed by atoms with Crippen molar-refractivity contribution in [3.05, 3.63) is 40.3 Å². The molecular weight excluding hydrogens is 324 g/mol. The smallest absolute Gasteiger partial charge is 0.409 e. The predicted octanol–water partition coefficient (Wildman–Crippen LogP) is 0.663. The molecule has 1 aliphatic heterocycles. The summed E-state index contributed by atoms with van der Waals surface area (Å²) in [6.45, 7) is 3.39. The SMILES string of the molecule is Cc1nn(CC(=O)NCCN2CCCOC2=O)c(=O)c2ccccc12. The van der Waals surface area contributed by atoms with Gasteiger partial charge < -0.3 is 15.0 Å². The first kappa shape index (κ1) is 16.9. The molecule has 1 aliphatic rings. The standard InChI is InChI=1S/C17H20N4O4/c1-12-13-5-2-3-6-14(13)16(23)21(19-12)11-15(22)18-7-9-20-8-4-10-25-17(20)24/h2-3,5-6H,4,7-11H2,1H3,(H,18,22). The van der Waals surface area contributed by atoms with E-state index in [1.165, 1.54) is 4.68 Å². The minimum absolute atomic E-state index is 0.158. The Labute approximate surface area is 144 Å². The summed E-state index contributed by atoms with van der Waals surface area (Å²) in [4.78, 5) is 37.6. The molecule has 0 atom stereocenters. The molecule has 1 aromatic carbocycles. The predicted molar refractivity (Wildman–Crippen MR) is 91.3 cm³/mol. The Morgan fingerprint density at radius 2 is 2.04 bits per heavy atom. The van der Waals surface area contributed by atoms with Crippen molar-refractivity contribution >= 4 is 22.8 Å². The van der Waals surface area contributed by atoms with Crippen LogP contribution in [0, 0.1) is 6.92 Å². The van der Waals surface area contributed by atoms with E-state index in [4.69, 9.17) is 4.74 Å². The van der Waals surface area contributed by atoms with Crippen molar-refractivity contribution in [3.63, 3.8) is 0 Å². The normalized spacial score (nSPS) is 14.4. The van der Waals surface area contributed by atoms with E-state index in [1.54, 1.807) is 24.0 Å². The van der Waals surface area contributed by atoms with Crippen LogP contribution in [0.5, 0.6) is 0 Å². The fourth-order valence-electron chi connectivity index (χ4n) is 2.83. The number of aromatic nitrogens is 2. The van der Waals surface area contributed by atoms with E-state index in [1.807, 2.05) is 12.1 Å². The first-order chi connectivity index (χ1) is 12.1. The van der Waals surface area contributed by atoms with Crippen molar-refractivity contribution in [2.24, 2.45) is 0 Å². The third kappa shape index (κ3) is 3.78. The Kier molecular flexibility index (Phi) is 4.97. The van der Waals surface area contributed by atoms with Crippen LogP contribution < -0.4 is 10.9 Å². The van der Waals surface area contributed by atoms with Crippen LogP contribution in [0.4, 0.5) is 4.79 Å². The zero-order valence-electron chi connectivity index (χ0n) is 14.0. The van der Waals surface area contributed by atoms with Gasteiger partial charge in [0.05, 0.1) is 17.7 Å². The molecule has 0 saturated carbocycles. The van der Waals surface area contributed by atoms with Crippen molar-refractivity contribution in [2.45, 2.75) is 19.9 Å². The van der Waals surface area contributed by atoms with Gasteiger partial charge in [-0.3, -0.25) is 9.59 Å². The second-order valence-electron chi connectivity index (χ2n) is 5.90. The van der Waals surface area contributed by atoms with Crippen molar-refractivity contribution in [1.82, 2.24) is 20.0 Å². The highest BCUT2D eigenvalue weighted by Crippen LogP contribution is 2.11. The molecule has 0 bridgehead atoms. The summed E-state index contributed by atoms with van der Waals surface area (Å²) in [6, 6.07) is 7.19. The summed E-state index contributed by atoms with van der Waals surface area (Å²) in [5, 5.41) is 8.24. The Morgan fingerprint density at radius 3 is 2.80 bits per heavy atom. The second kappa shape index (κ2) is 7.33. The molecule has 2 amide bonds. The summed E-state index contributed by atoms with van der Waals surface area (Å²) in [5.74, 6) is -0.324. The zero-order chi connectivity index (χ0) is 17.8. The molecule has 2 heterocycles. The molecule has 25 heavy (non-hydrogen) atoms. The molecule has 2 aromatic rings. The van der Waals surface area contributed by atoms with Gasteiger partial charge in [0.15, 0.2) is 0 Å². The fraction of sp³-hybridized carbons (Fsp3) is 0.412. The maximum absolute atomic E-state index is 12.4. The third-order valence-electron chi connectivity index (χ3n) is 4.11. The number of carbonyl (C=O) groups is 2. The summed E-state index contributed by atoms with van der Waals surface area (Å²) in [7, 11) is 0. The molecule has 0 unspecified atom stereocenters. The first-order valence-electron chi connectivity index (χ1n) is 8.21. The molecular formula is C17H20N4O4. The lowest BCUT2D eigenvalue weighted by atomic mass is 10.1. The lowest BCUT2D eigenvalue weighted by molar-refractivity contribution is -0.122. The van der Waals surface area contributed by atoms with Crippen molar-refractivity contribution in [1.29, 1.82) is 0 Å². The summed E-state index contributed by atoms with van der Waals surface area (Å²) in [5.41, 5.74) is 0.398. The van der Waals surface area contributed by atoms with E-state index in [-0.39, 0.29) is 24.1 Å². The van der Waals surface area contributed by atoms with Gasteiger partial charge in [-0.25, -0.2) is 9.48 Å². The van der Waals surface area contributed by atoms with Crippen molar-refractivity contribution < 1.29 is 14.3 Å². The van der Waals surface area contributed by atoms with Crippen LogP contribution in [-0.2, 0) is 16.1 Å². The number of rotatable bonds is 5. The van der Waals surface area contributed by atoms with Crippen LogP contribution >= 0.6 is 0 Å². The molecule has 1 saturated heterocycles. The first-order valence-corrected chi connectivity index (χ1v) is 8.21. The molecule has 8 nitrogen and oxygen atoms in total. The van der Waals surface area contributed by atoms with Crippen molar-refractivity contribution in [3.8, 4) is 0 Å². The van der Waals surface area contributed by atoms with Crippen LogP contribution in [0.3, 0.4) is 0 Å². The van der Waals surface area contributed by atoms with Gasteiger partial charge in [0, 0.05) is 25.0 Å². The summed E-state index contributed by atoms with van der Waals surface area (Å²) in [6.07, 6.45) is 0.429. The van der Waals surface area contributed by atoms with Gasteiger partial charge in [-0.15, -0.1) is 0 Å². The minimum atomic E-state index is -0.358. The lowest BCUT2D eigenvalue weighted by Gasteiger charge is -2.26. The molecule has 132 valence electrons. The molecule has 1 aromatic heterocycles. The fourth-order valence-corrected chi connectivity index (χ4v) is 2.83. The highest BCUT2D eigenvalue weighted by atomic mass is 16.6. The van der Waals surface area contributed by atoms with E-state index in [2.05, 4.69) is 10.4 Å². The van der Waals surface area contributed by atoms with E-state index in [0.717, 1.165) is 11.8 Å². The number of aryl methyl sites for hydroxylation is 1. The number of hydrogen-bond acceptors (Lipinski definition) is 5. The molecule has 8 heteroatoms. The number of fused-ring (bicyclic) bond motifs is 1. The molecule has 0 radical (unpaired) electrons. The number of hydrogen-bond donors (Lipinski definition) is 1. The Morgan fingerprint density at radius 1 is 1.28 bits per heavy atom. The van der Waals surface area contributed by atoms with Gasteiger partial charge in [-0.05, 0) is 19.4 Å². The van der Waals surface area contributed by atoms with E-state index < -0.39 is 0 Å². The summed E-state index contributed by atoms with van der Waals surface area (Å²) >= 11 is 0. The number of ether oxygens (including phenoxy) is 1. The Bertz CT molecular complexity index is 861. The second-order valence-corrected chi connectivity index (χ2v) is 5.90. The highest BCUT2D eigenvalue weighted by molar-refractivity contribution is 5.83. The van der Waals surface area contributed by atoms with Gasteiger partial charge in [0.2, 0.25) is 5.91 Å². The maximum atomic E-state index is 12.4. The largest absolute Gasteiger partial charge is 0.449 e. The maximum Gasteiger partial charge on any atom is 0.409 e. The average Bonchev–Trinajstić information content (AvgIpc) is 2.61. The molecule has 0 spiro atoms. The molecule has 0 aliphatic carbocycles. The van der Waals surface area contributed by atoms with Crippen LogP contribution in [-0.4, -0.2) is 52.9 Å². The quantitative estimate of drug-likeness (QED) is 0.860. The zero-order valence-corrected chi connectivity index (χ0v) is 14.0. The third-order valence-corrected chi connectivity index (χ3v) is 4.11. The molecule has 1 fully saturated rings. The Hall–Kier alpha value is -2.90. The number of benzene rings is 1. The molecule has 1 N–H and O–H groups in total. The number of cyclic esters (lactones) is 1. The van der Waals surface area contributed by atoms with Crippen LogP contribution in [0.2, 0.25) is 0 Å². The topological polar surface area (TPSA) is 93.5 Å². The number of carbonyl (C=O) groups excluding carboxylic acids is 2. The van der Waals surface area contributed by atoms with E-state index in [9.17, 15) is 14.4 Å². The van der Waals surface area contributed by atoms with Gasteiger partial charge in [-0.2, -0.15) is 5.10 Å². The van der Waals surface area contributed by atoms with Crippen LogP contribution in [0.25, 0.3) is 10.8 Å².